The number of carboxylic acids is 1. The lowest BCUT2D eigenvalue weighted by atomic mass is 10.1. The average Bonchev–Trinajstić information content (AvgIpc) is 3.08. The van der Waals surface area contributed by atoms with Gasteiger partial charge in [0, 0.05) is 10.6 Å². The van der Waals surface area contributed by atoms with Crippen molar-refractivity contribution in [3.63, 3.8) is 0 Å². The number of carboxylic acid groups (broad SMARTS) is 1. The van der Waals surface area contributed by atoms with E-state index in [0.717, 1.165) is 44.4 Å². The predicted octanol–water partition coefficient (Wildman–Crippen LogP) is 5.69. The molecule has 0 aliphatic carbocycles. The van der Waals surface area contributed by atoms with Crippen molar-refractivity contribution in [2.24, 2.45) is 0 Å². The molecule has 7 heteroatoms. The molecule has 5 nitrogen and oxygen atoms in total. The van der Waals surface area contributed by atoms with Crippen LogP contribution in [0.1, 0.15) is 28.1 Å². The van der Waals surface area contributed by atoms with Gasteiger partial charge in [-0.25, -0.2) is 4.98 Å². The number of aromatic nitrogens is 1. The first-order valence-corrected chi connectivity index (χ1v) is 10.9. The first kappa shape index (κ1) is 22.3. The van der Waals surface area contributed by atoms with Crippen molar-refractivity contribution in [3.05, 3.63) is 69.2 Å². The lowest BCUT2D eigenvalue weighted by molar-refractivity contribution is -0.138. The second-order valence-electron chi connectivity index (χ2n) is 6.92. The maximum atomic E-state index is 10.5. The monoisotopic (exact) mass is 445 g/mol. The number of rotatable bonds is 10. The molecule has 0 saturated heterocycles. The third kappa shape index (κ3) is 6.29. The summed E-state index contributed by atoms with van der Waals surface area (Å²) in [5, 5.41) is 10.3. The van der Waals surface area contributed by atoms with Gasteiger partial charge in [0.05, 0.1) is 30.2 Å². The Morgan fingerprint density at radius 1 is 1.13 bits per heavy atom. The minimum absolute atomic E-state index is 0.0302. The van der Waals surface area contributed by atoms with Gasteiger partial charge in [0.2, 0.25) is 0 Å². The van der Waals surface area contributed by atoms with Crippen molar-refractivity contribution in [1.29, 1.82) is 0 Å². The molecule has 0 saturated carbocycles. The Morgan fingerprint density at radius 2 is 1.90 bits per heavy atom. The Hall–Kier alpha value is -2.41. The summed E-state index contributed by atoms with van der Waals surface area (Å²) in [6.45, 7) is 5.24. The quantitative estimate of drug-likeness (QED) is 0.406. The third-order valence-corrected chi connectivity index (χ3v) is 6.08. The van der Waals surface area contributed by atoms with Crippen molar-refractivity contribution in [2.45, 2.75) is 33.3 Å². The van der Waals surface area contributed by atoms with Gasteiger partial charge in [0.1, 0.15) is 17.4 Å². The molecule has 3 aromatic rings. The summed E-state index contributed by atoms with van der Waals surface area (Å²) in [5.74, 6) is -0.0342. The van der Waals surface area contributed by atoms with Crippen molar-refractivity contribution >= 4 is 28.9 Å². The van der Waals surface area contributed by atoms with E-state index in [0.29, 0.717) is 18.2 Å². The number of thiazole rings is 1. The van der Waals surface area contributed by atoms with Crippen LogP contribution < -0.4 is 4.74 Å². The van der Waals surface area contributed by atoms with Crippen LogP contribution in [0.15, 0.2) is 42.5 Å². The van der Waals surface area contributed by atoms with Crippen LogP contribution in [0.3, 0.4) is 0 Å². The van der Waals surface area contributed by atoms with Crippen LogP contribution in [0, 0.1) is 13.8 Å². The van der Waals surface area contributed by atoms with Crippen LogP contribution in [0.2, 0.25) is 5.02 Å². The van der Waals surface area contributed by atoms with E-state index in [2.05, 4.69) is 4.98 Å². The fourth-order valence-electron chi connectivity index (χ4n) is 2.91. The molecule has 0 aliphatic heterocycles. The second kappa shape index (κ2) is 10.6. The molecular weight excluding hydrogens is 422 g/mol. The van der Waals surface area contributed by atoms with Crippen LogP contribution >= 0.6 is 22.9 Å². The zero-order valence-electron chi connectivity index (χ0n) is 17.0. The second-order valence-corrected chi connectivity index (χ2v) is 8.44. The highest BCUT2D eigenvalue weighted by Crippen LogP contribution is 2.30. The first-order valence-electron chi connectivity index (χ1n) is 9.66. The normalized spacial score (nSPS) is 10.9. The van der Waals surface area contributed by atoms with Crippen LogP contribution in [0.5, 0.6) is 5.75 Å². The van der Waals surface area contributed by atoms with Crippen LogP contribution in [0.4, 0.5) is 0 Å². The number of nitrogens with zero attached hydrogens (tertiary/aromatic N) is 1. The average molecular weight is 446 g/mol. The predicted molar refractivity (Wildman–Crippen MR) is 120 cm³/mol. The smallest absolute Gasteiger partial charge is 0.305 e. The van der Waals surface area contributed by atoms with Gasteiger partial charge in [0.25, 0.3) is 0 Å². The maximum absolute atomic E-state index is 10.5. The number of aliphatic carboxylic acids is 1. The maximum Gasteiger partial charge on any atom is 0.305 e. The number of carbonyl (C=O) groups is 1. The van der Waals surface area contributed by atoms with Gasteiger partial charge in [-0.05, 0) is 55.7 Å². The van der Waals surface area contributed by atoms with E-state index in [4.69, 9.17) is 26.2 Å². The number of hydrogen-bond donors (Lipinski definition) is 1. The molecule has 0 bridgehead atoms. The molecule has 1 N–H and O–H groups in total. The third-order valence-electron chi connectivity index (χ3n) is 4.64. The highest BCUT2D eigenvalue weighted by atomic mass is 35.5. The van der Waals surface area contributed by atoms with E-state index in [1.54, 1.807) is 11.3 Å². The Balaban J connectivity index is 1.55. The minimum atomic E-state index is -0.843. The molecule has 0 amide bonds. The lowest BCUT2D eigenvalue weighted by Gasteiger charge is -2.10. The molecule has 0 spiro atoms. The Bertz CT molecular complexity index is 1000. The van der Waals surface area contributed by atoms with Gasteiger partial charge in [-0.2, -0.15) is 0 Å². The van der Waals surface area contributed by atoms with Crippen molar-refractivity contribution in [1.82, 2.24) is 4.98 Å². The summed E-state index contributed by atoms with van der Waals surface area (Å²) in [7, 11) is 0. The van der Waals surface area contributed by atoms with Gasteiger partial charge < -0.3 is 14.6 Å². The zero-order valence-corrected chi connectivity index (χ0v) is 18.6. The van der Waals surface area contributed by atoms with Gasteiger partial charge >= 0.3 is 5.97 Å². The number of aryl methyl sites for hydroxylation is 2. The van der Waals surface area contributed by atoms with E-state index in [1.165, 1.54) is 0 Å². The summed E-state index contributed by atoms with van der Waals surface area (Å²) >= 11 is 7.59. The molecule has 0 aliphatic rings. The first-order chi connectivity index (χ1) is 14.4. The van der Waals surface area contributed by atoms with Crippen molar-refractivity contribution < 1.29 is 19.4 Å². The summed E-state index contributed by atoms with van der Waals surface area (Å²) in [4.78, 5) is 16.2. The summed E-state index contributed by atoms with van der Waals surface area (Å²) in [5.41, 5.74) is 4.30. The minimum Gasteiger partial charge on any atom is -0.488 e. The topological polar surface area (TPSA) is 68.7 Å². The Kier molecular flexibility index (Phi) is 7.85. The zero-order chi connectivity index (χ0) is 21.5. The van der Waals surface area contributed by atoms with E-state index in [1.807, 2.05) is 56.3 Å². The molecule has 0 fully saturated rings. The lowest BCUT2D eigenvalue weighted by Crippen LogP contribution is -2.06. The van der Waals surface area contributed by atoms with Crippen molar-refractivity contribution in [3.8, 4) is 16.3 Å². The van der Waals surface area contributed by atoms with Crippen LogP contribution in [-0.2, 0) is 22.6 Å². The number of ether oxygens (including phenoxy) is 2. The van der Waals surface area contributed by atoms with Gasteiger partial charge in [-0.3, -0.25) is 4.79 Å². The highest BCUT2D eigenvalue weighted by Gasteiger charge is 2.11. The van der Waals surface area contributed by atoms with E-state index in [9.17, 15) is 4.79 Å². The van der Waals surface area contributed by atoms with Crippen LogP contribution in [-0.4, -0.2) is 29.3 Å². The number of benzene rings is 2. The fourth-order valence-corrected chi connectivity index (χ4v) is 4.02. The molecule has 30 heavy (non-hydrogen) atoms. The van der Waals surface area contributed by atoms with Gasteiger partial charge in [0.15, 0.2) is 0 Å². The molecule has 1 heterocycles. The van der Waals surface area contributed by atoms with E-state index < -0.39 is 5.97 Å². The largest absolute Gasteiger partial charge is 0.488 e. The van der Waals surface area contributed by atoms with Gasteiger partial charge in [-0.15, -0.1) is 11.3 Å². The Labute approximate surface area is 185 Å². The molecular formula is C23H24ClNO4S. The molecule has 158 valence electrons. The summed E-state index contributed by atoms with van der Waals surface area (Å²) in [6, 6.07) is 13.7. The molecule has 0 unspecified atom stereocenters. The number of hydrogen-bond acceptors (Lipinski definition) is 5. The molecule has 0 atom stereocenters. The van der Waals surface area contributed by atoms with E-state index >= 15 is 0 Å². The van der Waals surface area contributed by atoms with Crippen molar-refractivity contribution in [2.75, 3.05) is 13.2 Å². The Morgan fingerprint density at radius 3 is 2.60 bits per heavy atom. The van der Waals surface area contributed by atoms with Gasteiger partial charge in [-0.1, -0.05) is 29.8 Å². The summed E-state index contributed by atoms with van der Waals surface area (Å²) < 4.78 is 11.4. The standard InChI is InChI=1S/C23H24ClNO4S/c1-15-13-20(8-5-17(15)9-11-28-12-10-22(26)27)29-14-21-16(2)25-23(30-21)18-3-6-19(24)7-4-18/h3-8,13H,9-12,14H2,1-2H3,(H,26,27). The fraction of sp³-hybridized carbons (Fsp3) is 0.304. The van der Waals surface area contributed by atoms with E-state index in [-0.39, 0.29) is 13.0 Å². The molecule has 0 radical (unpaired) electrons. The molecule has 1 aromatic heterocycles. The SMILES string of the molecule is Cc1cc(OCc2sc(-c3ccc(Cl)cc3)nc2C)ccc1CCOCCC(=O)O. The molecule has 3 rings (SSSR count). The summed E-state index contributed by atoms with van der Waals surface area (Å²) in [6.07, 6.45) is 0.770. The molecule has 2 aromatic carbocycles. The number of halogens is 1. The van der Waals surface area contributed by atoms with Crippen LogP contribution in [0.25, 0.3) is 10.6 Å². The highest BCUT2D eigenvalue weighted by molar-refractivity contribution is 7.15.